The topological polar surface area (TPSA) is 74.8 Å². The summed E-state index contributed by atoms with van der Waals surface area (Å²) < 4.78 is 68.7. The van der Waals surface area contributed by atoms with E-state index in [-0.39, 0.29) is 23.2 Å². The molecule has 2 heterocycles. The Morgan fingerprint density at radius 1 is 1.07 bits per heavy atom. The maximum absolute atomic E-state index is 13.4. The van der Waals surface area contributed by atoms with Crippen LogP contribution in [0.1, 0.15) is 30.4 Å². The molecule has 1 unspecified atom stereocenters. The molecule has 1 atom stereocenters. The van der Waals surface area contributed by atoms with Gasteiger partial charge in [0.2, 0.25) is 20.0 Å². The molecule has 5 rings (SSSR count). The van der Waals surface area contributed by atoms with Crippen LogP contribution in [0.5, 0.6) is 0 Å². The first-order valence-electron chi connectivity index (χ1n) is 9.61. The average molecular weight is 437 g/mol. The zero-order chi connectivity index (χ0) is 20.4. The summed E-state index contributed by atoms with van der Waals surface area (Å²) in [4.78, 5) is 0.229. The molecular weight excluding hydrogens is 415 g/mol. The van der Waals surface area contributed by atoms with Gasteiger partial charge in [-0.05, 0) is 48.6 Å². The summed E-state index contributed by atoms with van der Waals surface area (Å²) in [6, 6.07) is 12.6. The molecule has 1 saturated carbocycles. The van der Waals surface area contributed by atoms with Crippen LogP contribution in [0.2, 0.25) is 0 Å². The average Bonchev–Trinajstić information content (AvgIpc) is 3.44. The van der Waals surface area contributed by atoms with Crippen LogP contribution >= 0.6 is 0 Å². The van der Waals surface area contributed by atoms with Crippen LogP contribution in [0.15, 0.2) is 53.4 Å². The van der Waals surface area contributed by atoms with E-state index in [0.29, 0.717) is 36.9 Å². The normalized spacial score (nSPS) is 26.8. The predicted molar refractivity (Wildman–Crippen MR) is 105 cm³/mol. The fraction of sp³-hybridized carbons (Fsp3) is 0.400. The Kier molecular flexibility index (Phi) is 4.19. The summed E-state index contributed by atoms with van der Waals surface area (Å²) in [6.07, 6.45) is 1.73. The van der Waals surface area contributed by atoms with E-state index in [1.807, 2.05) is 0 Å². The quantitative estimate of drug-likeness (QED) is 0.738. The molecule has 2 aliphatic heterocycles. The summed E-state index contributed by atoms with van der Waals surface area (Å²) in [5.74, 6) is -0.390. The van der Waals surface area contributed by atoms with Crippen LogP contribution < -0.4 is 0 Å². The highest BCUT2D eigenvalue weighted by atomic mass is 32.2. The lowest BCUT2D eigenvalue weighted by molar-refractivity contribution is 0.203. The van der Waals surface area contributed by atoms with Crippen LogP contribution in [0.4, 0.5) is 4.39 Å². The van der Waals surface area contributed by atoms with Gasteiger partial charge in [0.15, 0.2) is 0 Å². The monoisotopic (exact) mass is 436 g/mol. The van der Waals surface area contributed by atoms with E-state index in [0.717, 1.165) is 0 Å². The molecule has 2 fully saturated rings. The molecule has 2 aromatic carbocycles. The number of nitrogens with zero attached hydrogens (tertiary/aromatic N) is 2. The molecule has 0 bridgehead atoms. The second-order valence-electron chi connectivity index (χ2n) is 7.99. The van der Waals surface area contributed by atoms with E-state index in [2.05, 4.69) is 0 Å². The molecule has 0 N–H and O–H groups in total. The third-order valence-electron chi connectivity index (χ3n) is 6.19. The van der Waals surface area contributed by atoms with Gasteiger partial charge >= 0.3 is 0 Å². The van der Waals surface area contributed by atoms with Crippen molar-refractivity contribution in [1.82, 2.24) is 8.61 Å². The minimum absolute atomic E-state index is 0.0641. The van der Waals surface area contributed by atoms with Crippen LogP contribution in [-0.2, 0) is 32.1 Å². The van der Waals surface area contributed by atoms with Crippen molar-refractivity contribution in [1.29, 1.82) is 0 Å². The van der Waals surface area contributed by atoms with Gasteiger partial charge in [0.1, 0.15) is 5.82 Å². The minimum Gasteiger partial charge on any atom is -0.212 e. The maximum atomic E-state index is 13.4. The van der Waals surface area contributed by atoms with Crippen LogP contribution in [0, 0.1) is 5.82 Å². The zero-order valence-corrected chi connectivity index (χ0v) is 17.3. The fourth-order valence-electron chi connectivity index (χ4n) is 4.53. The van der Waals surface area contributed by atoms with Crippen molar-refractivity contribution in [2.45, 2.75) is 41.5 Å². The maximum Gasteiger partial charge on any atom is 0.244 e. The van der Waals surface area contributed by atoms with Gasteiger partial charge in [0.25, 0.3) is 0 Å². The third-order valence-corrected chi connectivity index (χ3v) is 10.5. The largest absolute Gasteiger partial charge is 0.244 e. The van der Waals surface area contributed by atoms with E-state index >= 15 is 0 Å². The lowest BCUT2D eigenvalue weighted by Crippen LogP contribution is -2.46. The molecule has 2 aromatic rings. The molecule has 1 aliphatic carbocycles. The van der Waals surface area contributed by atoms with Gasteiger partial charge in [-0.3, -0.25) is 0 Å². The van der Waals surface area contributed by atoms with E-state index < -0.39 is 31.4 Å². The van der Waals surface area contributed by atoms with Crippen molar-refractivity contribution < 1.29 is 21.2 Å². The smallest absolute Gasteiger partial charge is 0.212 e. The van der Waals surface area contributed by atoms with E-state index in [4.69, 9.17) is 0 Å². The Bertz CT molecular complexity index is 1180. The van der Waals surface area contributed by atoms with Crippen molar-refractivity contribution in [2.75, 3.05) is 13.1 Å². The van der Waals surface area contributed by atoms with E-state index in [1.165, 1.54) is 20.7 Å². The second kappa shape index (κ2) is 6.34. The Morgan fingerprint density at radius 2 is 1.76 bits per heavy atom. The molecule has 0 amide bonds. The van der Waals surface area contributed by atoms with Crippen molar-refractivity contribution in [3.8, 4) is 0 Å². The summed E-state index contributed by atoms with van der Waals surface area (Å²) in [5, 5.41) is -0.337. The van der Waals surface area contributed by atoms with Crippen LogP contribution in [-0.4, -0.2) is 43.8 Å². The molecule has 154 valence electrons. The molecule has 1 saturated heterocycles. The highest BCUT2D eigenvalue weighted by molar-refractivity contribution is 7.90. The number of benzene rings is 2. The number of rotatable bonds is 4. The number of hydrogen-bond acceptors (Lipinski definition) is 4. The molecule has 0 radical (unpaired) electrons. The standard InChI is InChI=1S/C20H21FN2O4S2/c21-16-7-5-15(6-8-16)13-23-20(18-3-1-2-4-19(18)29(23,26)27)11-12-22(14-20)28(24,25)17-9-10-17/h1-8,17H,9-14H2. The SMILES string of the molecule is O=S1(=O)c2ccccc2C2(CCN(S(=O)(=O)C3CC3)C2)N1Cc1ccc(F)cc1. The lowest BCUT2D eigenvalue weighted by atomic mass is 9.88. The molecule has 6 nitrogen and oxygen atoms in total. The van der Waals surface area contributed by atoms with Crippen molar-refractivity contribution in [3.05, 3.63) is 65.5 Å². The van der Waals surface area contributed by atoms with E-state index in [9.17, 15) is 21.2 Å². The van der Waals surface area contributed by atoms with Crippen molar-refractivity contribution in [2.24, 2.45) is 0 Å². The molecule has 29 heavy (non-hydrogen) atoms. The van der Waals surface area contributed by atoms with E-state index in [1.54, 1.807) is 36.4 Å². The van der Waals surface area contributed by atoms with Gasteiger partial charge in [-0.2, -0.15) is 8.61 Å². The molecular formula is C20H21FN2O4S2. The predicted octanol–water partition coefficient (Wildman–Crippen LogP) is 2.42. The lowest BCUT2D eigenvalue weighted by Gasteiger charge is -2.34. The first-order chi connectivity index (χ1) is 13.7. The molecule has 1 spiro atoms. The van der Waals surface area contributed by atoms with Crippen LogP contribution in [0.3, 0.4) is 0 Å². The molecule has 9 heteroatoms. The Labute approximate surface area is 170 Å². The molecule has 0 aromatic heterocycles. The Balaban J connectivity index is 1.59. The third kappa shape index (κ3) is 2.86. The highest BCUT2D eigenvalue weighted by Crippen LogP contribution is 2.51. The van der Waals surface area contributed by atoms with Gasteiger partial charge in [0.05, 0.1) is 15.7 Å². The first-order valence-corrected chi connectivity index (χ1v) is 12.6. The Hall–Kier alpha value is -1.81. The summed E-state index contributed by atoms with van der Waals surface area (Å²) >= 11 is 0. The van der Waals surface area contributed by atoms with Gasteiger partial charge in [0, 0.05) is 19.6 Å². The number of hydrogen-bond donors (Lipinski definition) is 0. The first kappa shape index (κ1) is 19.2. The van der Waals surface area contributed by atoms with Crippen LogP contribution in [0.25, 0.3) is 0 Å². The van der Waals surface area contributed by atoms with Gasteiger partial charge < -0.3 is 0 Å². The number of sulfonamides is 2. The number of fused-ring (bicyclic) bond motifs is 2. The van der Waals surface area contributed by atoms with Crippen molar-refractivity contribution in [3.63, 3.8) is 0 Å². The number of halogens is 1. The van der Waals surface area contributed by atoms with Gasteiger partial charge in [-0.1, -0.05) is 30.3 Å². The zero-order valence-electron chi connectivity index (χ0n) is 15.7. The van der Waals surface area contributed by atoms with Gasteiger partial charge in [-0.15, -0.1) is 0 Å². The fourth-order valence-corrected chi connectivity index (χ4v) is 8.47. The summed E-state index contributed by atoms with van der Waals surface area (Å²) in [6.45, 7) is 0.473. The minimum atomic E-state index is -3.80. The highest BCUT2D eigenvalue weighted by Gasteiger charge is 2.59. The molecule has 3 aliphatic rings. The Morgan fingerprint density at radius 3 is 2.45 bits per heavy atom. The summed E-state index contributed by atoms with van der Waals surface area (Å²) in [5.41, 5.74) is 0.368. The van der Waals surface area contributed by atoms with Gasteiger partial charge in [-0.25, -0.2) is 21.2 Å². The summed E-state index contributed by atoms with van der Waals surface area (Å²) in [7, 11) is -7.21. The second-order valence-corrected chi connectivity index (χ2v) is 12.0. The van der Waals surface area contributed by atoms with Crippen molar-refractivity contribution >= 4 is 20.0 Å².